The van der Waals surface area contributed by atoms with Gasteiger partial charge in [0.2, 0.25) is 0 Å². The minimum atomic E-state index is 0.0941. The van der Waals surface area contributed by atoms with E-state index in [0.29, 0.717) is 6.54 Å². The van der Waals surface area contributed by atoms with Crippen LogP contribution in [0.15, 0.2) is 12.4 Å². The number of hydrogen-bond acceptors (Lipinski definition) is 6. The molecular weight excluding hydrogens is 208 g/mol. The molecular formula is C10H16N4O2. The lowest BCUT2D eigenvalue weighted by molar-refractivity contribution is 0.122. The van der Waals surface area contributed by atoms with Crippen molar-refractivity contribution in [3.8, 4) is 0 Å². The van der Waals surface area contributed by atoms with Crippen LogP contribution in [0.1, 0.15) is 0 Å². The van der Waals surface area contributed by atoms with Crippen molar-refractivity contribution in [1.29, 1.82) is 0 Å². The minimum Gasteiger partial charge on any atom is -0.395 e. The Labute approximate surface area is 94.3 Å². The third-order valence-electron chi connectivity index (χ3n) is 2.41. The maximum atomic E-state index is 8.71. The second kappa shape index (κ2) is 5.62. The first kappa shape index (κ1) is 11.1. The molecule has 1 fully saturated rings. The molecule has 0 saturated carbocycles. The number of aromatic nitrogens is 2. The van der Waals surface area contributed by atoms with E-state index in [9.17, 15) is 0 Å². The zero-order valence-corrected chi connectivity index (χ0v) is 9.09. The average Bonchev–Trinajstić information content (AvgIpc) is 2.38. The standard InChI is InChI=1S/C10H16N4O2/c15-4-1-11-9-7-10(13-8-12-9)14-2-5-16-6-3-14/h7-8,15H,1-6H2,(H,11,12,13). The summed E-state index contributed by atoms with van der Waals surface area (Å²) in [5.41, 5.74) is 0. The minimum absolute atomic E-state index is 0.0941. The van der Waals surface area contributed by atoms with Gasteiger partial charge in [0.15, 0.2) is 0 Å². The van der Waals surface area contributed by atoms with Crippen LogP contribution in [-0.4, -0.2) is 54.5 Å². The number of morpholine rings is 1. The fourth-order valence-electron chi connectivity index (χ4n) is 1.59. The highest BCUT2D eigenvalue weighted by Gasteiger charge is 2.12. The molecule has 0 amide bonds. The van der Waals surface area contributed by atoms with Gasteiger partial charge in [-0.1, -0.05) is 0 Å². The molecule has 1 saturated heterocycles. The second-order valence-electron chi connectivity index (χ2n) is 3.51. The van der Waals surface area contributed by atoms with Crippen molar-refractivity contribution in [2.24, 2.45) is 0 Å². The molecule has 6 heteroatoms. The number of nitrogens with one attached hydrogen (secondary N) is 1. The summed E-state index contributed by atoms with van der Waals surface area (Å²) in [4.78, 5) is 10.5. The number of nitrogens with zero attached hydrogens (tertiary/aromatic N) is 3. The number of aliphatic hydroxyl groups excluding tert-OH is 1. The molecule has 0 unspecified atom stereocenters. The number of anilines is 2. The zero-order chi connectivity index (χ0) is 11.2. The third-order valence-corrected chi connectivity index (χ3v) is 2.41. The summed E-state index contributed by atoms with van der Waals surface area (Å²) >= 11 is 0. The van der Waals surface area contributed by atoms with E-state index >= 15 is 0 Å². The summed E-state index contributed by atoms with van der Waals surface area (Å²) in [5.74, 6) is 1.64. The summed E-state index contributed by atoms with van der Waals surface area (Å²) in [7, 11) is 0. The molecule has 1 aromatic heterocycles. The Kier molecular flexibility index (Phi) is 3.90. The van der Waals surface area contributed by atoms with Gasteiger partial charge in [0.05, 0.1) is 19.8 Å². The van der Waals surface area contributed by atoms with Crippen LogP contribution in [0.4, 0.5) is 11.6 Å². The molecule has 1 aliphatic rings. The second-order valence-corrected chi connectivity index (χ2v) is 3.51. The average molecular weight is 224 g/mol. The van der Waals surface area contributed by atoms with Gasteiger partial charge in [0, 0.05) is 25.7 Å². The summed E-state index contributed by atoms with van der Waals surface area (Å²) < 4.78 is 5.28. The first-order valence-corrected chi connectivity index (χ1v) is 5.39. The molecule has 0 bridgehead atoms. The van der Waals surface area contributed by atoms with Crippen LogP contribution in [-0.2, 0) is 4.74 Å². The Morgan fingerprint density at radius 2 is 2.19 bits per heavy atom. The molecule has 1 aromatic rings. The molecule has 0 aromatic carbocycles. The van der Waals surface area contributed by atoms with E-state index in [0.717, 1.165) is 37.9 Å². The highest BCUT2D eigenvalue weighted by Crippen LogP contribution is 2.14. The molecule has 0 atom stereocenters. The highest BCUT2D eigenvalue weighted by atomic mass is 16.5. The molecule has 88 valence electrons. The first-order valence-electron chi connectivity index (χ1n) is 5.39. The van der Waals surface area contributed by atoms with Crippen LogP contribution >= 0.6 is 0 Å². The van der Waals surface area contributed by atoms with E-state index in [2.05, 4.69) is 20.2 Å². The molecule has 16 heavy (non-hydrogen) atoms. The molecule has 0 spiro atoms. The van der Waals surface area contributed by atoms with E-state index in [1.807, 2.05) is 6.07 Å². The van der Waals surface area contributed by atoms with E-state index < -0.39 is 0 Å². The van der Waals surface area contributed by atoms with Crippen LogP contribution in [0.3, 0.4) is 0 Å². The van der Waals surface area contributed by atoms with Crippen molar-refractivity contribution in [2.45, 2.75) is 0 Å². The largest absolute Gasteiger partial charge is 0.395 e. The molecule has 0 aliphatic carbocycles. The predicted octanol–water partition coefficient (Wildman–Crippen LogP) is -0.283. The lowest BCUT2D eigenvalue weighted by Crippen LogP contribution is -2.36. The summed E-state index contributed by atoms with van der Waals surface area (Å²) in [6.45, 7) is 3.79. The molecule has 0 radical (unpaired) electrons. The molecule has 6 nitrogen and oxygen atoms in total. The Balaban J connectivity index is 2.02. The fourth-order valence-corrected chi connectivity index (χ4v) is 1.59. The van der Waals surface area contributed by atoms with Gasteiger partial charge in [0.25, 0.3) is 0 Å². The van der Waals surface area contributed by atoms with Crippen molar-refractivity contribution in [3.63, 3.8) is 0 Å². The Morgan fingerprint density at radius 3 is 2.94 bits per heavy atom. The van der Waals surface area contributed by atoms with E-state index in [-0.39, 0.29) is 6.61 Å². The van der Waals surface area contributed by atoms with Gasteiger partial charge in [0.1, 0.15) is 18.0 Å². The highest BCUT2D eigenvalue weighted by molar-refractivity contribution is 5.48. The van der Waals surface area contributed by atoms with E-state index in [1.165, 1.54) is 6.33 Å². The van der Waals surface area contributed by atoms with Gasteiger partial charge < -0.3 is 20.1 Å². The van der Waals surface area contributed by atoms with Crippen LogP contribution in [0.5, 0.6) is 0 Å². The Morgan fingerprint density at radius 1 is 1.38 bits per heavy atom. The molecule has 2 heterocycles. The number of hydrogen-bond donors (Lipinski definition) is 2. The number of aliphatic hydroxyl groups is 1. The zero-order valence-electron chi connectivity index (χ0n) is 9.09. The maximum Gasteiger partial charge on any atom is 0.134 e. The van der Waals surface area contributed by atoms with Crippen molar-refractivity contribution < 1.29 is 9.84 Å². The number of ether oxygens (including phenoxy) is 1. The quantitative estimate of drug-likeness (QED) is 0.733. The van der Waals surface area contributed by atoms with Crippen LogP contribution in [0.2, 0.25) is 0 Å². The lowest BCUT2D eigenvalue weighted by Gasteiger charge is -2.27. The van der Waals surface area contributed by atoms with Crippen LogP contribution < -0.4 is 10.2 Å². The van der Waals surface area contributed by atoms with Crippen molar-refractivity contribution >= 4 is 11.6 Å². The lowest BCUT2D eigenvalue weighted by atomic mass is 10.4. The smallest absolute Gasteiger partial charge is 0.134 e. The topological polar surface area (TPSA) is 70.5 Å². The fraction of sp³-hybridized carbons (Fsp3) is 0.600. The molecule has 2 N–H and O–H groups in total. The van der Waals surface area contributed by atoms with Crippen molar-refractivity contribution in [3.05, 3.63) is 12.4 Å². The normalized spacial score (nSPS) is 16.2. The van der Waals surface area contributed by atoms with Gasteiger partial charge in [-0.3, -0.25) is 0 Å². The van der Waals surface area contributed by atoms with Gasteiger partial charge in [-0.05, 0) is 0 Å². The predicted molar refractivity (Wildman–Crippen MR) is 60.6 cm³/mol. The van der Waals surface area contributed by atoms with Crippen LogP contribution in [0.25, 0.3) is 0 Å². The van der Waals surface area contributed by atoms with Crippen LogP contribution in [0, 0.1) is 0 Å². The summed E-state index contributed by atoms with van der Waals surface area (Å²) in [6, 6.07) is 1.89. The monoisotopic (exact) mass is 224 g/mol. The summed E-state index contributed by atoms with van der Waals surface area (Å²) in [5, 5.41) is 11.7. The van der Waals surface area contributed by atoms with Gasteiger partial charge in [-0.2, -0.15) is 0 Å². The van der Waals surface area contributed by atoms with Crippen molar-refractivity contribution in [1.82, 2.24) is 9.97 Å². The van der Waals surface area contributed by atoms with Crippen molar-refractivity contribution in [2.75, 3.05) is 49.7 Å². The van der Waals surface area contributed by atoms with E-state index in [1.54, 1.807) is 0 Å². The van der Waals surface area contributed by atoms with Gasteiger partial charge >= 0.3 is 0 Å². The molecule has 1 aliphatic heterocycles. The summed E-state index contributed by atoms with van der Waals surface area (Å²) in [6.07, 6.45) is 1.53. The first-order chi connectivity index (χ1) is 7.90. The number of rotatable bonds is 4. The SMILES string of the molecule is OCCNc1cc(N2CCOCC2)ncn1. The Bertz CT molecular complexity index is 328. The Hall–Kier alpha value is -1.40. The third kappa shape index (κ3) is 2.80. The van der Waals surface area contributed by atoms with Gasteiger partial charge in [-0.25, -0.2) is 9.97 Å². The van der Waals surface area contributed by atoms with Gasteiger partial charge in [-0.15, -0.1) is 0 Å². The van der Waals surface area contributed by atoms with E-state index in [4.69, 9.17) is 9.84 Å². The molecule has 2 rings (SSSR count). The maximum absolute atomic E-state index is 8.71.